The van der Waals surface area contributed by atoms with Crippen molar-refractivity contribution in [2.45, 2.75) is 38.1 Å². The minimum absolute atomic E-state index is 0.00959. The summed E-state index contributed by atoms with van der Waals surface area (Å²) in [6, 6.07) is 10.2. The van der Waals surface area contributed by atoms with Crippen molar-refractivity contribution in [1.82, 2.24) is 4.90 Å². The molecule has 3 nitrogen and oxygen atoms in total. The van der Waals surface area contributed by atoms with Crippen molar-refractivity contribution in [3.63, 3.8) is 0 Å². The van der Waals surface area contributed by atoms with E-state index in [2.05, 4.69) is 46.8 Å². The summed E-state index contributed by atoms with van der Waals surface area (Å²) in [4.78, 5) is 14.1. The van der Waals surface area contributed by atoms with E-state index >= 15 is 0 Å². The van der Waals surface area contributed by atoms with Gasteiger partial charge in [-0.05, 0) is 65.2 Å². The average Bonchev–Trinajstić information content (AvgIpc) is 2.95. The second kappa shape index (κ2) is 7.84. The molecule has 24 heavy (non-hydrogen) atoms. The van der Waals surface area contributed by atoms with E-state index in [0.717, 1.165) is 25.0 Å². The van der Waals surface area contributed by atoms with Crippen LogP contribution in [0.15, 0.2) is 64.8 Å². The highest BCUT2D eigenvalue weighted by atomic mass is 79.9. The summed E-state index contributed by atoms with van der Waals surface area (Å²) in [6.07, 6.45) is 9.41. The number of ether oxygens (including phenoxy) is 1. The lowest BCUT2D eigenvalue weighted by Crippen LogP contribution is -2.34. The second-order valence-corrected chi connectivity index (χ2v) is 7.21. The van der Waals surface area contributed by atoms with Gasteiger partial charge in [-0.3, -0.25) is 4.90 Å². The van der Waals surface area contributed by atoms with E-state index < -0.39 is 0 Å². The Balaban J connectivity index is 1.86. The fraction of sp³-hybridized carbons (Fsp3) is 0.350. The Labute approximate surface area is 151 Å². The van der Waals surface area contributed by atoms with Crippen molar-refractivity contribution in [1.29, 1.82) is 0 Å². The molecule has 3 rings (SSSR count). The lowest BCUT2D eigenvalue weighted by atomic mass is 9.98. The third-order valence-corrected chi connectivity index (χ3v) is 4.87. The van der Waals surface area contributed by atoms with Gasteiger partial charge in [0.15, 0.2) is 0 Å². The second-order valence-electron chi connectivity index (χ2n) is 6.25. The van der Waals surface area contributed by atoms with Crippen LogP contribution in [0, 0.1) is 0 Å². The van der Waals surface area contributed by atoms with E-state index in [4.69, 9.17) is 4.74 Å². The van der Waals surface area contributed by atoms with Crippen LogP contribution in [-0.4, -0.2) is 23.6 Å². The number of hydrogen-bond acceptors (Lipinski definition) is 2. The molecule has 1 aromatic carbocycles. The summed E-state index contributed by atoms with van der Waals surface area (Å²) < 4.78 is 6.05. The first kappa shape index (κ1) is 17.0. The van der Waals surface area contributed by atoms with Crippen molar-refractivity contribution in [2.24, 2.45) is 0 Å². The summed E-state index contributed by atoms with van der Waals surface area (Å²) in [5.74, 6) is 0. The van der Waals surface area contributed by atoms with Gasteiger partial charge in [-0.25, -0.2) is 4.79 Å². The normalized spacial score (nSPS) is 21.5. The van der Waals surface area contributed by atoms with Crippen LogP contribution in [0.25, 0.3) is 0 Å². The van der Waals surface area contributed by atoms with Gasteiger partial charge in [0.1, 0.15) is 6.61 Å². The van der Waals surface area contributed by atoms with E-state index in [1.165, 1.54) is 24.0 Å². The average molecular weight is 388 g/mol. The Kier molecular flexibility index (Phi) is 5.56. The third-order valence-electron chi connectivity index (χ3n) is 4.46. The molecule has 1 fully saturated rings. The topological polar surface area (TPSA) is 29.5 Å². The zero-order chi connectivity index (χ0) is 16.9. The van der Waals surface area contributed by atoms with Crippen molar-refractivity contribution in [3.05, 3.63) is 70.4 Å². The van der Waals surface area contributed by atoms with Gasteiger partial charge >= 0.3 is 6.09 Å². The third kappa shape index (κ3) is 3.99. The first-order chi connectivity index (χ1) is 11.6. The number of amides is 1. The molecule has 0 saturated carbocycles. The molecule has 0 aromatic heterocycles. The van der Waals surface area contributed by atoms with Crippen LogP contribution < -0.4 is 0 Å². The molecule has 1 aliphatic carbocycles. The Morgan fingerprint density at radius 1 is 1.33 bits per heavy atom. The predicted octanol–water partition coefficient (Wildman–Crippen LogP) is 5.34. The molecule has 1 aliphatic heterocycles. The van der Waals surface area contributed by atoms with Crippen LogP contribution in [0.1, 0.15) is 31.2 Å². The highest BCUT2D eigenvalue weighted by Crippen LogP contribution is 2.31. The number of nitrogens with zero attached hydrogens (tertiary/aromatic N) is 1. The predicted molar refractivity (Wildman–Crippen MR) is 99.8 cm³/mol. The first-order valence-corrected chi connectivity index (χ1v) is 9.20. The quantitative estimate of drug-likeness (QED) is 0.637. The Morgan fingerprint density at radius 2 is 2.12 bits per heavy atom. The first-order valence-electron chi connectivity index (χ1n) is 8.40. The minimum atomic E-state index is -0.292. The molecule has 0 N–H and O–H groups in total. The van der Waals surface area contributed by atoms with Gasteiger partial charge in [0, 0.05) is 4.48 Å². The van der Waals surface area contributed by atoms with E-state index in [1.54, 1.807) is 4.90 Å². The number of carbonyl (C=O) groups is 1. The van der Waals surface area contributed by atoms with Crippen molar-refractivity contribution < 1.29 is 9.53 Å². The van der Waals surface area contributed by atoms with Gasteiger partial charge in [-0.2, -0.15) is 0 Å². The molecule has 1 saturated heterocycles. The molecule has 1 amide bonds. The fourth-order valence-electron chi connectivity index (χ4n) is 3.24. The summed E-state index contributed by atoms with van der Waals surface area (Å²) in [7, 11) is 0. The highest BCUT2D eigenvalue weighted by molar-refractivity contribution is 9.11. The van der Waals surface area contributed by atoms with Crippen LogP contribution in [-0.2, 0) is 11.2 Å². The van der Waals surface area contributed by atoms with E-state index in [9.17, 15) is 4.79 Å². The minimum Gasteiger partial charge on any atom is -0.447 e. The Bertz CT molecular complexity index is 678. The monoisotopic (exact) mass is 387 g/mol. The van der Waals surface area contributed by atoms with Crippen molar-refractivity contribution in [3.8, 4) is 0 Å². The number of halogens is 1. The summed E-state index contributed by atoms with van der Waals surface area (Å²) in [5, 5.41) is 0. The maximum atomic E-state index is 12.3. The van der Waals surface area contributed by atoms with Crippen LogP contribution in [0.3, 0.4) is 0 Å². The van der Waals surface area contributed by atoms with Gasteiger partial charge in [-0.1, -0.05) is 43.0 Å². The zero-order valence-electron chi connectivity index (χ0n) is 13.7. The van der Waals surface area contributed by atoms with E-state index in [1.807, 2.05) is 18.2 Å². The lowest BCUT2D eigenvalue weighted by molar-refractivity contribution is 0.165. The largest absolute Gasteiger partial charge is 0.447 e. The maximum Gasteiger partial charge on any atom is 0.414 e. The van der Waals surface area contributed by atoms with Crippen LogP contribution in [0.2, 0.25) is 0 Å². The van der Waals surface area contributed by atoms with Gasteiger partial charge in [0.25, 0.3) is 0 Å². The Hall–Kier alpha value is -1.81. The molecular weight excluding hydrogens is 366 g/mol. The van der Waals surface area contributed by atoms with E-state index in [-0.39, 0.29) is 12.1 Å². The van der Waals surface area contributed by atoms with Gasteiger partial charge < -0.3 is 4.74 Å². The number of carbonyl (C=O) groups excluding carboxylic acids is 1. The number of rotatable bonds is 5. The number of hydrogen-bond donors (Lipinski definition) is 0. The number of allylic oxidation sites excluding steroid dienone is 4. The van der Waals surface area contributed by atoms with Crippen molar-refractivity contribution >= 4 is 22.0 Å². The number of benzene rings is 1. The fourth-order valence-corrected chi connectivity index (χ4v) is 3.55. The molecule has 0 radical (unpaired) electrons. The smallest absolute Gasteiger partial charge is 0.414 e. The van der Waals surface area contributed by atoms with Gasteiger partial charge in [0.2, 0.25) is 0 Å². The van der Waals surface area contributed by atoms with Gasteiger partial charge in [-0.15, -0.1) is 0 Å². The maximum absolute atomic E-state index is 12.3. The molecule has 1 aromatic rings. The number of cyclic esters (lactones) is 1. The molecule has 4 heteroatoms. The van der Waals surface area contributed by atoms with Gasteiger partial charge in [0.05, 0.1) is 11.7 Å². The van der Waals surface area contributed by atoms with Crippen LogP contribution in [0.5, 0.6) is 0 Å². The lowest BCUT2D eigenvalue weighted by Gasteiger charge is -2.25. The molecule has 0 unspecified atom stereocenters. The molecule has 0 bridgehead atoms. The molecule has 0 spiro atoms. The molecule has 1 atom stereocenters. The van der Waals surface area contributed by atoms with Crippen molar-refractivity contribution in [2.75, 3.05) is 6.61 Å². The summed E-state index contributed by atoms with van der Waals surface area (Å²) >= 11 is 3.48. The molecular formula is C20H22BrNO2. The SMILES string of the molecule is C=C(Br)/C(=C\C1=CCCCC1)N1C(=O)OC[C@H]1Cc1ccccc1. The van der Waals surface area contributed by atoms with Crippen LogP contribution >= 0.6 is 15.9 Å². The zero-order valence-corrected chi connectivity index (χ0v) is 15.3. The molecule has 126 valence electrons. The standard InChI is InChI=1S/C20H22BrNO2/c1-15(21)19(13-17-10-6-3-7-11-17)22-18(14-24-20(22)23)12-16-8-4-2-5-9-16/h2,4-5,8-10,13,18H,1,3,6-7,11-12,14H2/b19-13+/t18-/m1/s1. The van der Waals surface area contributed by atoms with Crippen LogP contribution in [0.4, 0.5) is 4.79 Å². The Morgan fingerprint density at radius 3 is 2.79 bits per heavy atom. The summed E-state index contributed by atoms with van der Waals surface area (Å²) in [6.45, 7) is 4.42. The van der Waals surface area contributed by atoms with E-state index in [0.29, 0.717) is 11.1 Å². The summed E-state index contributed by atoms with van der Waals surface area (Å²) in [5.41, 5.74) is 3.28. The molecule has 2 aliphatic rings. The highest BCUT2D eigenvalue weighted by Gasteiger charge is 2.36. The molecule has 1 heterocycles.